The number of benzene rings is 1. The molecule has 0 fully saturated rings. The molecular formula is C23H19ClN4O6S. The number of anilines is 1. The van der Waals surface area contributed by atoms with Gasteiger partial charge >= 0.3 is 12.1 Å². The highest BCUT2D eigenvalue weighted by Gasteiger charge is 2.16. The normalized spacial score (nSPS) is 10.7. The lowest BCUT2D eigenvalue weighted by Crippen LogP contribution is -2.14. The molecule has 0 saturated heterocycles. The SMILES string of the molecule is Cc1snc(C#Cc2nc3oc(CCCCC(=O)O)nc3o2)c1NC(=O)OCc1ccccc1Cl. The van der Waals surface area contributed by atoms with Crippen molar-refractivity contribution in [3.8, 4) is 11.8 Å². The van der Waals surface area contributed by atoms with Crippen molar-refractivity contribution in [2.24, 2.45) is 0 Å². The molecule has 10 nitrogen and oxygen atoms in total. The molecule has 4 aromatic rings. The van der Waals surface area contributed by atoms with Crippen LogP contribution in [0.4, 0.5) is 10.5 Å². The quantitative estimate of drug-likeness (QED) is 0.240. The number of carbonyl (C=O) groups is 2. The number of aliphatic carboxylic acids is 1. The van der Waals surface area contributed by atoms with E-state index in [9.17, 15) is 9.59 Å². The van der Waals surface area contributed by atoms with Crippen LogP contribution in [0, 0.1) is 18.8 Å². The highest BCUT2D eigenvalue weighted by molar-refractivity contribution is 7.06. The van der Waals surface area contributed by atoms with Crippen LogP contribution < -0.4 is 5.32 Å². The van der Waals surface area contributed by atoms with Crippen LogP contribution in [0.25, 0.3) is 11.4 Å². The number of halogens is 1. The third-order valence-electron chi connectivity index (χ3n) is 4.75. The number of rotatable bonds is 8. The fourth-order valence-electron chi connectivity index (χ4n) is 3.01. The molecule has 0 aliphatic carbocycles. The molecule has 0 saturated carbocycles. The van der Waals surface area contributed by atoms with Crippen molar-refractivity contribution in [1.29, 1.82) is 0 Å². The van der Waals surface area contributed by atoms with Crippen molar-refractivity contribution in [2.75, 3.05) is 5.32 Å². The molecule has 0 radical (unpaired) electrons. The van der Waals surface area contributed by atoms with E-state index < -0.39 is 12.1 Å². The Hall–Kier alpha value is -3.88. The van der Waals surface area contributed by atoms with Gasteiger partial charge in [0.1, 0.15) is 6.61 Å². The van der Waals surface area contributed by atoms with E-state index >= 15 is 0 Å². The Morgan fingerprint density at radius 1 is 1.17 bits per heavy atom. The number of nitrogens with zero attached hydrogens (tertiary/aromatic N) is 3. The third-order valence-corrected chi connectivity index (χ3v) is 5.87. The first-order chi connectivity index (χ1) is 16.9. The summed E-state index contributed by atoms with van der Waals surface area (Å²) in [6, 6.07) is 7.09. The van der Waals surface area contributed by atoms with E-state index in [0.717, 1.165) is 4.88 Å². The van der Waals surface area contributed by atoms with Crippen LogP contribution in [0.5, 0.6) is 0 Å². The molecule has 1 aromatic carbocycles. The number of aromatic nitrogens is 3. The van der Waals surface area contributed by atoms with Gasteiger partial charge in [0.15, 0.2) is 5.69 Å². The molecule has 4 rings (SSSR count). The first-order valence-electron chi connectivity index (χ1n) is 10.5. The lowest BCUT2D eigenvalue weighted by molar-refractivity contribution is -0.137. The number of carboxylic acids is 1. The number of hydrogen-bond donors (Lipinski definition) is 2. The molecule has 0 atom stereocenters. The van der Waals surface area contributed by atoms with Crippen LogP contribution in [0.15, 0.2) is 33.1 Å². The molecule has 0 aliphatic heterocycles. The molecule has 1 amide bonds. The molecule has 0 aliphatic rings. The van der Waals surface area contributed by atoms with Crippen LogP contribution >= 0.6 is 23.1 Å². The summed E-state index contributed by atoms with van der Waals surface area (Å²) in [5.41, 5.74) is 1.87. The van der Waals surface area contributed by atoms with Crippen molar-refractivity contribution in [1.82, 2.24) is 14.3 Å². The first kappa shape index (κ1) is 24.3. The lowest BCUT2D eigenvalue weighted by atomic mass is 10.2. The number of amides is 1. The van der Waals surface area contributed by atoms with E-state index in [1.165, 1.54) is 11.5 Å². The van der Waals surface area contributed by atoms with E-state index in [1.54, 1.807) is 31.2 Å². The average molecular weight is 515 g/mol. The van der Waals surface area contributed by atoms with Crippen molar-refractivity contribution in [3.63, 3.8) is 0 Å². The number of oxazole rings is 2. The van der Waals surface area contributed by atoms with Gasteiger partial charge in [-0.2, -0.15) is 14.3 Å². The van der Waals surface area contributed by atoms with Crippen LogP contribution in [0.1, 0.15) is 47.2 Å². The van der Waals surface area contributed by atoms with Crippen LogP contribution in [-0.4, -0.2) is 31.5 Å². The molecule has 0 unspecified atom stereocenters. The van der Waals surface area contributed by atoms with Gasteiger partial charge < -0.3 is 18.7 Å². The van der Waals surface area contributed by atoms with E-state index in [4.69, 9.17) is 30.3 Å². The molecule has 3 heterocycles. The average Bonchev–Trinajstić information content (AvgIpc) is 3.48. The predicted octanol–water partition coefficient (Wildman–Crippen LogP) is 5.18. The van der Waals surface area contributed by atoms with Gasteiger partial charge in [0.05, 0.1) is 5.69 Å². The number of hydrogen-bond acceptors (Lipinski definition) is 9. The Morgan fingerprint density at radius 2 is 1.97 bits per heavy atom. The minimum Gasteiger partial charge on any atom is -0.481 e. The zero-order valence-corrected chi connectivity index (χ0v) is 20.0. The Balaban J connectivity index is 1.38. The number of aryl methyl sites for hydroxylation is 2. The summed E-state index contributed by atoms with van der Waals surface area (Å²) >= 11 is 7.27. The molecule has 3 aromatic heterocycles. The number of unbranched alkanes of at least 4 members (excludes halogenated alkanes) is 1. The summed E-state index contributed by atoms with van der Waals surface area (Å²) in [7, 11) is 0. The minimum absolute atomic E-state index is 0.0209. The minimum atomic E-state index is -0.835. The highest BCUT2D eigenvalue weighted by Crippen LogP contribution is 2.24. The van der Waals surface area contributed by atoms with Gasteiger partial charge in [-0.1, -0.05) is 29.8 Å². The predicted molar refractivity (Wildman–Crippen MR) is 127 cm³/mol. The summed E-state index contributed by atoms with van der Waals surface area (Å²) in [5, 5.41) is 11.9. The van der Waals surface area contributed by atoms with Crippen LogP contribution in [0.2, 0.25) is 5.02 Å². The summed E-state index contributed by atoms with van der Waals surface area (Å²) in [5.74, 6) is 5.26. The Bertz CT molecular complexity index is 1400. The zero-order valence-electron chi connectivity index (χ0n) is 18.5. The number of fused-ring (bicyclic) bond motifs is 1. The topological polar surface area (TPSA) is 141 Å². The fraction of sp³-hybridized carbons (Fsp3) is 0.261. The Labute approximate surface area is 208 Å². The highest BCUT2D eigenvalue weighted by atomic mass is 35.5. The third kappa shape index (κ3) is 6.38. The standard InChI is InChI=1S/C23H19ClN4O6S/c1-13-20(27-23(31)32-12-14-6-2-3-7-15(14)24)16(28-35-13)10-11-18-26-22-21(34-18)25-17(33-22)8-4-5-9-19(29)30/h2-3,6-7H,4-5,8-9,12H2,1H3,(H,27,31)(H,29,30). The number of nitrogens with one attached hydrogen (secondary N) is 1. The van der Waals surface area contributed by atoms with Gasteiger partial charge in [0, 0.05) is 34.2 Å². The smallest absolute Gasteiger partial charge is 0.412 e. The second-order valence-corrected chi connectivity index (χ2v) is 8.73. The summed E-state index contributed by atoms with van der Waals surface area (Å²) in [6.07, 6.45) is 1.08. The summed E-state index contributed by atoms with van der Waals surface area (Å²) < 4.78 is 20.5. The Morgan fingerprint density at radius 3 is 2.74 bits per heavy atom. The van der Waals surface area contributed by atoms with Gasteiger partial charge in [-0.05, 0) is 43.3 Å². The molecule has 0 bridgehead atoms. The van der Waals surface area contributed by atoms with E-state index in [-0.39, 0.29) is 30.3 Å². The van der Waals surface area contributed by atoms with Gasteiger partial charge in [0.2, 0.25) is 5.89 Å². The summed E-state index contributed by atoms with van der Waals surface area (Å²) in [4.78, 5) is 32.0. The van der Waals surface area contributed by atoms with Crippen molar-refractivity contribution < 1.29 is 28.3 Å². The van der Waals surface area contributed by atoms with Crippen molar-refractivity contribution in [3.05, 3.63) is 57.2 Å². The van der Waals surface area contributed by atoms with E-state index in [0.29, 0.717) is 47.1 Å². The van der Waals surface area contributed by atoms with Crippen molar-refractivity contribution >= 4 is 52.3 Å². The molecule has 2 N–H and O–H groups in total. The van der Waals surface area contributed by atoms with E-state index in [2.05, 4.69) is 31.5 Å². The molecule has 0 spiro atoms. The summed E-state index contributed by atoms with van der Waals surface area (Å²) in [6.45, 7) is 1.82. The van der Waals surface area contributed by atoms with Gasteiger partial charge in [0.25, 0.3) is 17.3 Å². The molecule has 35 heavy (non-hydrogen) atoms. The maximum absolute atomic E-state index is 12.3. The lowest BCUT2D eigenvalue weighted by Gasteiger charge is -2.08. The Kier molecular flexibility index (Phi) is 7.64. The van der Waals surface area contributed by atoms with Gasteiger partial charge in [-0.3, -0.25) is 10.1 Å². The largest absolute Gasteiger partial charge is 0.481 e. The monoisotopic (exact) mass is 514 g/mol. The van der Waals surface area contributed by atoms with Crippen molar-refractivity contribution in [2.45, 2.75) is 39.2 Å². The first-order valence-corrected chi connectivity index (χ1v) is 11.7. The number of ether oxygens (including phenoxy) is 1. The van der Waals surface area contributed by atoms with E-state index in [1.807, 2.05) is 0 Å². The van der Waals surface area contributed by atoms with Gasteiger partial charge in [-0.15, -0.1) is 0 Å². The second-order valence-electron chi connectivity index (χ2n) is 7.34. The molecule has 12 heteroatoms. The second kappa shape index (κ2) is 11.0. The molecule has 180 valence electrons. The van der Waals surface area contributed by atoms with Gasteiger partial charge in [-0.25, -0.2) is 4.79 Å². The fourth-order valence-corrected chi connectivity index (χ4v) is 3.80. The number of carboxylic acid groups (broad SMARTS) is 1. The maximum Gasteiger partial charge on any atom is 0.412 e. The molecular weight excluding hydrogens is 496 g/mol. The zero-order chi connectivity index (χ0) is 24.8. The van der Waals surface area contributed by atoms with Crippen LogP contribution in [0.3, 0.4) is 0 Å². The van der Waals surface area contributed by atoms with Crippen LogP contribution in [-0.2, 0) is 22.6 Å². The maximum atomic E-state index is 12.3. The number of carbonyl (C=O) groups excluding carboxylic acids is 1.